The van der Waals surface area contributed by atoms with Crippen molar-refractivity contribution in [1.82, 2.24) is 4.57 Å². The Balaban J connectivity index is 0.869. The summed E-state index contributed by atoms with van der Waals surface area (Å²) >= 11 is 0. The van der Waals surface area contributed by atoms with E-state index in [0.29, 0.717) is 0 Å². The molecule has 0 atom stereocenters. The molecule has 0 aliphatic carbocycles. The smallest absolute Gasteiger partial charge is 0.135 e. The van der Waals surface area contributed by atoms with E-state index in [-0.39, 0.29) is 0 Å². The molecule has 0 radical (unpaired) electrons. The number of nitrogens with zero attached hydrogens (tertiary/aromatic N) is 1. The summed E-state index contributed by atoms with van der Waals surface area (Å²) in [6, 6.07) is 80.5. The maximum atomic E-state index is 6.46. The molecule has 0 amide bonds. The fourth-order valence-corrected chi connectivity index (χ4v) is 9.65. The molecule has 294 valence electrons. The Labute approximate surface area is 363 Å². The average Bonchev–Trinajstić information content (AvgIpc) is 4.03. The number of fused-ring (bicyclic) bond motifs is 9. The molecule has 0 saturated carbocycles. The van der Waals surface area contributed by atoms with E-state index < -0.39 is 0 Å². The summed E-state index contributed by atoms with van der Waals surface area (Å²) in [5.74, 6) is 0. The first kappa shape index (κ1) is 35.4. The second-order valence-corrected chi connectivity index (χ2v) is 16.5. The molecule has 13 rings (SSSR count). The molecule has 3 heteroatoms. The number of benzene rings is 10. The predicted octanol–water partition coefficient (Wildman–Crippen LogP) is 16.9. The monoisotopic (exact) mass is 803 g/mol. The number of para-hydroxylation sites is 1. The van der Waals surface area contributed by atoms with Crippen LogP contribution in [0.3, 0.4) is 0 Å². The van der Waals surface area contributed by atoms with Crippen molar-refractivity contribution in [1.29, 1.82) is 0 Å². The Morgan fingerprint density at radius 2 is 0.587 bits per heavy atom. The minimum atomic E-state index is 0.870. The van der Waals surface area contributed by atoms with Crippen LogP contribution >= 0.6 is 0 Å². The molecule has 3 heterocycles. The minimum absolute atomic E-state index is 0.870. The quantitative estimate of drug-likeness (QED) is 0.168. The van der Waals surface area contributed by atoms with Crippen molar-refractivity contribution in [2.24, 2.45) is 0 Å². The van der Waals surface area contributed by atoms with E-state index in [2.05, 4.69) is 229 Å². The van der Waals surface area contributed by atoms with Crippen molar-refractivity contribution in [3.05, 3.63) is 224 Å². The molecule has 0 bridgehead atoms. The highest BCUT2D eigenvalue weighted by Crippen LogP contribution is 2.40. The highest BCUT2D eigenvalue weighted by molar-refractivity contribution is 6.12. The number of furan rings is 2. The lowest BCUT2D eigenvalue weighted by molar-refractivity contribution is 0.668. The SMILES string of the molecule is c1ccc(-c2ccc(-c3cccc(-c4ccc5oc6ccc(-c7ccc8oc9ccc(-n%10c%11ccccc%11c%11cc(-c%12ccccc%12)ccc%11%10)cc9c8c7)cc6c5c4)c3)cc2)cc1. The van der Waals surface area contributed by atoms with E-state index in [1.54, 1.807) is 0 Å². The van der Waals surface area contributed by atoms with Crippen LogP contribution in [-0.4, -0.2) is 4.57 Å². The summed E-state index contributed by atoms with van der Waals surface area (Å²) in [6.07, 6.45) is 0. The highest BCUT2D eigenvalue weighted by atomic mass is 16.3. The zero-order valence-corrected chi connectivity index (χ0v) is 34.1. The van der Waals surface area contributed by atoms with Crippen molar-refractivity contribution < 1.29 is 8.83 Å². The van der Waals surface area contributed by atoms with Gasteiger partial charge in [-0.2, -0.15) is 0 Å². The zero-order valence-electron chi connectivity index (χ0n) is 34.1. The van der Waals surface area contributed by atoms with Gasteiger partial charge in [0.1, 0.15) is 22.3 Å². The Hall–Kier alpha value is -8.40. The molecule has 0 unspecified atom stereocenters. The van der Waals surface area contributed by atoms with Gasteiger partial charge in [-0.1, -0.05) is 146 Å². The third-order valence-electron chi connectivity index (χ3n) is 12.8. The van der Waals surface area contributed by atoms with Gasteiger partial charge in [-0.3, -0.25) is 0 Å². The lowest BCUT2D eigenvalue weighted by atomic mass is 9.96. The van der Waals surface area contributed by atoms with Crippen LogP contribution < -0.4 is 0 Å². The van der Waals surface area contributed by atoms with E-state index in [4.69, 9.17) is 8.83 Å². The van der Waals surface area contributed by atoms with Gasteiger partial charge in [0, 0.05) is 38.0 Å². The first-order valence-corrected chi connectivity index (χ1v) is 21.5. The molecule has 0 fully saturated rings. The van der Waals surface area contributed by atoms with Crippen molar-refractivity contribution >= 4 is 65.7 Å². The van der Waals surface area contributed by atoms with Crippen LogP contribution in [0.4, 0.5) is 0 Å². The van der Waals surface area contributed by atoms with E-state index in [9.17, 15) is 0 Å². The van der Waals surface area contributed by atoms with Gasteiger partial charge in [-0.05, 0) is 134 Å². The maximum absolute atomic E-state index is 6.46. The second kappa shape index (κ2) is 14.1. The van der Waals surface area contributed by atoms with Crippen LogP contribution in [0, 0.1) is 0 Å². The van der Waals surface area contributed by atoms with Crippen LogP contribution in [0.25, 0.3) is 127 Å². The molecule has 0 aliphatic rings. The van der Waals surface area contributed by atoms with Gasteiger partial charge in [-0.15, -0.1) is 0 Å². The minimum Gasteiger partial charge on any atom is -0.456 e. The van der Waals surface area contributed by atoms with E-state index in [0.717, 1.165) is 66.3 Å². The molecular formula is C60H37NO2. The van der Waals surface area contributed by atoms with Gasteiger partial charge in [0.2, 0.25) is 0 Å². The Bertz CT molecular complexity index is 3890. The molecular weight excluding hydrogens is 767 g/mol. The standard InChI is InChI=1S/C60H37NO2/c1-3-10-38(11-4-1)40-18-20-41(21-19-40)42-14-9-15-43(32-42)45-23-28-57-51(34-45)52-35-46(24-29-58(52)62-57)47-25-30-59-53(36-47)54-37-48(26-31-60(54)63-59)61-55-17-8-7-16-49(55)50-33-44(22-27-56(50)61)39-12-5-2-6-13-39/h1-37H. The first-order chi connectivity index (χ1) is 31.2. The number of aromatic nitrogens is 1. The summed E-state index contributed by atoms with van der Waals surface area (Å²) in [7, 11) is 0. The normalized spacial score (nSPS) is 11.8. The van der Waals surface area contributed by atoms with Crippen LogP contribution in [0.15, 0.2) is 233 Å². The van der Waals surface area contributed by atoms with Crippen LogP contribution in [0.2, 0.25) is 0 Å². The lowest BCUT2D eigenvalue weighted by Gasteiger charge is -2.09. The molecule has 0 aliphatic heterocycles. The topological polar surface area (TPSA) is 31.2 Å². The predicted molar refractivity (Wildman–Crippen MR) is 263 cm³/mol. The molecule has 0 N–H and O–H groups in total. The van der Waals surface area contributed by atoms with Crippen molar-refractivity contribution in [2.45, 2.75) is 0 Å². The Kier molecular flexibility index (Phi) is 7.91. The Morgan fingerprint density at radius 1 is 0.222 bits per heavy atom. The number of hydrogen-bond donors (Lipinski definition) is 0. The largest absolute Gasteiger partial charge is 0.456 e. The highest BCUT2D eigenvalue weighted by Gasteiger charge is 2.17. The van der Waals surface area contributed by atoms with Crippen molar-refractivity contribution in [3.8, 4) is 61.3 Å². The van der Waals surface area contributed by atoms with E-state index in [1.165, 1.54) is 60.8 Å². The van der Waals surface area contributed by atoms with Crippen LogP contribution in [0.1, 0.15) is 0 Å². The zero-order chi connectivity index (χ0) is 41.4. The van der Waals surface area contributed by atoms with Gasteiger partial charge >= 0.3 is 0 Å². The summed E-state index contributed by atoms with van der Waals surface area (Å²) in [6.45, 7) is 0. The summed E-state index contributed by atoms with van der Waals surface area (Å²) in [4.78, 5) is 0. The van der Waals surface area contributed by atoms with Gasteiger partial charge < -0.3 is 13.4 Å². The van der Waals surface area contributed by atoms with Crippen LogP contribution in [0.5, 0.6) is 0 Å². The summed E-state index contributed by atoms with van der Waals surface area (Å²) in [5.41, 5.74) is 18.8. The van der Waals surface area contributed by atoms with Crippen molar-refractivity contribution in [3.63, 3.8) is 0 Å². The third kappa shape index (κ3) is 5.89. The number of rotatable bonds is 6. The third-order valence-corrected chi connectivity index (χ3v) is 12.8. The molecule has 10 aromatic carbocycles. The maximum Gasteiger partial charge on any atom is 0.135 e. The molecule has 13 aromatic rings. The van der Waals surface area contributed by atoms with Gasteiger partial charge in [0.25, 0.3) is 0 Å². The van der Waals surface area contributed by atoms with Gasteiger partial charge in [-0.25, -0.2) is 0 Å². The average molecular weight is 804 g/mol. The summed E-state index contributed by atoms with van der Waals surface area (Å²) < 4.78 is 15.3. The van der Waals surface area contributed by atoms with Gasteiger partial charge in [0.15, 0.2) is 0 Å². The van der Waals surface area contributed by atoms with Crippen molar-refractivity contribution in [2.75, 3.05) is 0 Å². The number of hydrogen-bond acceptors (Lipinski definition) is 2. The van der Waals surface area contributed by atoms with E-state index >= 15 is 0 Å². The molecule has 3 aromatic heterocycles. The second-order valence-electron chi connectivity index (χ2n) is 16.5. The fraction of sp³-hybridized carbons (Fsp3) is 0. The molecule has 0 spiro atoms. The molecule has 63 heavy (non-hydrogen) atoms. The molecule has 0 saturated heterocycles. The fourth-order valence-electron chi connectivity index (χ4n) is 9.65. The lowest BCUT2D eigenvalue weighted by Crippen LogP contribution is -1.93. The molecule has 3 nitrogen and oxygen atoms in total. The van der Waals surface area contributed by atoms with Crippen LogP contribution in [-0.2, 0) is 0 Å². The van der Waals surface area contributed by atoms with Gasteiger partial charge in [0.05, 0.1) is 11.0 Å². The Morgan fingerprint density at radius 3 is 1.19 bits per heavy atom. The van der Waals surface area contributed by atoms with E-state index in [1.807, 2.05) is 0 Å². The first-order valence-electron chi connectivity index (χ1n) is 21.5. The summed E-state index contributed by atoms with van der Waals surface area (Å²) in [5, 5.41) is 6.84.